The largest absolute Gasteiger partial charge is 0.233 e. The van der Waals surface area contributed by atoms with E-state index in [-0.39, 0.29) is 5.02 Å². The van der Waals surface area contributed by atoms with Gasteiger partial charge in [0.05, 0.1) is 5.02 Å². The van der Waals surface area contributed by atoms with Crippen molar-refractivity contribution < 1.29 is 4.39 Å². The van der Waals surface area contributed by atoms with Crippen molar-refractivity contribution in [1.29, 1.82) is 0 Å². The molecule has 1 heterocycles. The van der Waals surface area contributed by atoms with Crippen molar-refractivity contribution in [3.8, 4) is 11.4 Å². The summed E-state index contributed by atoms with van der Waals surface area (Å²) in [5.41, 5.74) is 1.62. The van der Waals surface area contributed by atoms with E-state index < -0.39 is 5.82 Å². The molecule has 0 N–H and O–H groups in total. The van der Waals surface area contributed by atoms with Crippen molar-refractivity contribution in [3.63, 3.8) is 0 Å². The van der Waals surface area contributed by atoms with Gasteiger partial charge in [0.15, 0.2) is 5.82 Å². The Kier molecular flexibility index (Phi) is 2.96. The fraction of sp³-hybridized carbons (Fsp3) is 0.231. The molecule has 0 atom stereocenters. The molecule has 0 spiro atoms. The highest BCUT2D eigenvalue weighted by atomic mass is 35.5. The van der Waals surface area contributed by atoms with Gasteiger partial charge >= 0.3 is 0 Å². The van der Waals surface area contributed by atoms with Gasteiger partial charge in [-0.1, -0.05) is 23.2 Å². The molecule has 0 radical (unpaired) electrons. The molecule has 0 amide bonds. The molecule has 2 aromatic rings. The molecule has 1 aromatic carbocycles. The zero-order valence-corrected chi connectivity index (χ0v) is 10.8. The van der Waals surface area contributed by atoms with E-state index in [9.17, 15) is 4.39 Å². The maximum atomic E-state index is 13.1. The molecule has 18 heavy (non-hydrogen) atoms. The second kappa shape index (κ2) is 4.48. The lowest BCUT2D eigenvalue weighted by Gasteiger charge is -2.05. The predicted octanol–water partition coefficient (Wildman–Crippen LogP) is 4.47. The van der Waals surface area contributed by atoms with Crippen LogP contribution >= 0.6 is 23.2 Å². The number of halogens is 3. The van der Waals surface area contributed by atoms with Crippen LogP contribution in [0.3, 0.4) is 0 Å². The van der Waals surface area contributed by atoms with Crippen LogP contribution in [0, 0.1) is 5.82 Å². The molecule has 0 aliphatic heterocycles. The van der Waals surface area contributed by atoms with Crippen molar-refractivity contribution in [1.82, 2.24) is 9.97 Å². The number of benzene rings is 1. The first-order valence-electron chi connectivity index (χ1n) is 5.63. The quantitative estimate of drug-likeness (QED) is 0.760. The van der Waals surface area contributed by atoms with E-state index in [1.807, 2.05) is 0 Å². The fourth-order valence-corrected chi connectivity index (χ4v) is 2.16. The second-order valence-corrected chi connectivity index (χ2v) is 5.14. The third-order valence-corrected chi connectivity index (χ3v) is 3.37. The first-order valence-corrected chi connectivity index (χ1v) is 6.39. The molecule has 1 aliphatic rings. The molecule has 1 aliphatic carbocycles. The van der Waals surface area contributed by atoms with Crippen molar-refractivity contribution in [2.75, 3.05) is 0 Å². The molecule has 1 fully saturated rings. The van der Waals surface area contributed by atoms with Gasteiger partial charge in [-0.05, 0) is 37.1 Å². The summed E-state index contributed by atoms with van der Waals surface area (Å²) in [6.07, 6.45) is 2.27. The van der Waals surface area contributed by atoms with E-state index in [2.05, 4.69) is 9.97 Å². The molecular weight excluding hydrogens is 274 g/mol. The van der Waals surface area contributed by atoms with Crippen LogP contribution in [0.2, 0.25) is 10.2 Å². The summed E-state index contributed by atoms with van der Waals surface area (Å²) in [7, 11) is 0. The van der Waals surface area contributed by atoms with Crippen LogP contribution < -0.4 is 0 Å². The first kappa shape index (κ1) is 11.9. The van der Waals surface area contributed by atoms with Crippen LogP contribution in [0.15, 0.2) is 24.3 Å². The summed E-state index contributed by atoms with van der Waals surface area (Å²) >= 11 is 11.7. The molecule has 1 aromatic heterocycles. The van der Waals surface area contributed by atoms with E-state index in [0.717, 1.165) is 18.5 Å². The summed E-state index contributed by atoms with van der Waals surface area (Å²) in [4.78, 5) is 8.62. The molecule has 1 saturated carbocycles. The summed E-state index contributed by atoms with van der Waals surface area (Å²) in [6.45, 7) is 0. The third-order valence-electron chi connectivity index (χ3n) is 2.89. The SMILES string of the molecule is Fc1ccc(-c2nc(Cl)cc(C3CC3)n2)cc1Cl. The number of rotatable bonds is 2. The van der Waals surface area contributed by atoms with Crippen LogP contribution in [-0.4, -0.2) is 9.97 Å². The van der Waals surface area contributed by atoms with Crippen LogP contribution in [-0.2, 0) is 0 Å². The number of nitrogens with zero attached hydrogens (tertiary/aromatic N) is 2. The van der Waals surface area contributed by atoms with Gasteiger partial charge in [0, 0.05) is 17.2 Å². The third kappa shape index (κ3) is 2.33. The van der Waals surface area contributed by atoms with E-state index in [4.69, 9.17) is 23.2 Å². The lowest BCUT2D eigenvalue weighted by molar-refractivity contribution is 0.628. The summed E-state index contributed by atoms with van der Waals surface area (Å²) in [6, 6.07) is 6.20. The van der Waals surface area contributed by atoms with E-state index in [0.29, 0.717) is 22.5 Å². The zero-order valence-electron chi connectivity index (χ0n) is 9.33. The second-order valence-electron chi connectivity index (χ2n) is 4.34. The standard InChI is InChI=1S/C13H9Cl2FN2/c14-9-5-8(3-4-10(9)16)13-17-11(7-1-2-7)6-12(15)18-13/h3-7H,1-2H2. The van der Waals surface area contributed by atoms with E-state index in [1.54, 1.807) is 12.1 Å². The molecular formula is C13H9Cl2FN2. The maximum Gasteiger partial charge on any atom is 0.161 e. The Morgan fingerprint density at radius 3 is 2.56 bits per heavy atom. The molecule has 0 unspecified atom stereocenters. The van der Waals surface area contributed by atoms with Crippen LogP contribution in [0.4, 0.5) is 4.39 Å². The molecule has 5 heteroatoms. The topological polar surface area (TPSA) is 25.8 Å². The van der Waals surface area contributed by atoms with Gasteiger partial charge in [-0.2, -0.15) is 0 Å². The number of hydrogen-bond acceptors (Lipinski definition) is 2. The van der Waals surface area contributed by atoms with Gasteiger partial charge in [0.1, 0.15) is 11.0 Å². The fourth-order valence-electron chi connectivity index (χ4n) is 1.79. The summed E-state index contributed by atoms with van der Waals surface area (Å²) in [5.74, 6) is 0.524. The Morgan fingerprint density at radius 2 is 1.89 bits per heavy atom. The van der Waals surface area contributed by atoms with Gasteiger partial charge < -0.3 is 0 Å². The molecule has 92 valence electrons. The number of aromatic nitrogens is 2. The van der Waals surface area contributed by atoms with Gasteiger partial charge in [-0.25, -0.2) is 14.4 Å². The van der Waals surface area contributed by atoms with Crippen LogP contribution in [0.25, 0.3) is 11.4 Å². The monoisotopic (exact) mass is 282 g/mol. The van der Waals surface area contributed by atoms with Crippen LogP contribution in [0.1, 0.15) is 24.5 Å². The highest BCUT2D eigenvalue weighted by Crippen LogP contribution is 2.40. The van der Waals surface area contributed by atoms with Crippen molar-refractivity contribution in [2.24, 2.45) is 0 Å². The average molecular weight is 283 g/mol. The lowest BCUT2D eigenvalue weighted by Crippen LogP contribution is -1.95. The van der Waals surface area contributed by atoms with Gasteiger partial charge in [-0.3, -0.25) is 0 Å². The molecule has 3 rings (SSSR count). The Hall–Kier alpha value is -1.19. The van der Waals surface area contributed by atoms with Gasteiger partial charge in [-0.15, -0.1) is 0 Å². The Morgan fingerprint density at radius 1 is 1.11 bits per heavy atom. The highest BCUT2D eigenvalue weighted by molar-refractivity contribution is 6.31. The molecule has 2 nitrogen and oxygen atoms in total. The minimum Gasteiger partial charge on any atom is -0.233 e. The lowest BCUT2D eigenvalue weighted by atomic mass is 10.2. The Labute approximate surface area is 114 Å². The number of hydrogen-bond donors (Lipinski definition) is 0. The maximum absolute atomic E-state index is 13.1. The summed E-state index contributed by atoms with van der Waals surface area (Å²) < 4.78 is 13.1. The van der Waals surface area contributed by atoms with E-state index >= 15 is 0 Å². The Balaban J connectivity index is 2.07. The van der Waals surface area contributed by atoms with E-state index in [1.165, 1.54) is 12.1 Å². The van der Waals surface area contributed by atoms with Crippen molar-refractivity contribution >= 4 is 23.2 Å². The van der Waals surface area contributed by atoms with Crippen molar-refractivity contribution in [3.05, 3.63) is 46.0 Å². The first-order chi connectivity index (χ1) is 8.63. The smallest absolute Gasteiger partial charge is 0.161 e. The summed E-state index contributed by atoms with van der Waals surface area (Å²) in [5, 5.41) is 0.464. The Bertz CT molecular complexity index is 612. The van der Waals surface area contributed by atoms with Crippen LogP contribution in [0.5, 0.6) is 0 Å². The van der Waals surface area contributed by atoms with Crippen molar-refractivity contribution in [2.45, 2.75) is 18.8 Å². The zero-order chi connectivity index (χ0) is 12.7. The van der Waals surface area contributed by atoms with Gasteiger partial charge in [0.25, 0.3) is 0 Å². The minimum absolute atomic E-state index is 0.0593. The van der Waals surface area contributed by atoms with Gasteiger partial charge in [0.2, 0.25) is 0 Å². The minimum atomic E-state index is -0.454. The highest BCUT2D eigenvalue weighted by Gasteiger charge is 2.26. The average Bonchev–Trinajstić information content (AvgIpc) is 3.16. The molecule has 0 bridgehead atoms. The predicted molar refractivity (Wildman–Crippen MR) is 69.4 cm³/mol. The molecule has 0 saturated heterocycles. The normalized spacial score (nSPS) is 14.8.